The van der Waals surface area contributed by atoms with Gasteiger partial charge in [-0.3, -0.25) is 4.79 Å². The van der Waals surface area contributed by atoms with Crippen LogP contribution >= 0.6 is 0 Å². The maximum Gasteiger partial charge on any atom is 0.269 e. The molecule has 0 saturated carbocycles. The molecule has 1 amide bonds. The largest absolute Gasteiger partial charge is 0.482 e. The SMILES string of the molecule is COc1ccc(NC(=O)C2Oc3ccccc3OC2C)cn1. The Balaban J connectivity index is 1.72. The summed E-state index contributed by atoms with van der Waals surface area (Å²) < 4.78 is 16.4. The van der Waals surface area contributed by atoms with Crippen LogP contribution in [0, 0.1) is 0 Å². The molecule has 6 nitrogen and oxygen atoms in total. The molecule has 0 bridgehead atoms. The average molecular weight is 300 g/mol. The van der Waals surface area contributed by atoms with Crippen LogP contribution < -0.4 is 19.5 Å². The van der Waals surface area contributed by atoms with Crippen LogP contribution in [0.4, 0.5) is 5.69 Å². The zero-order chi connectivity index (χ0) is 15.5. The van der Waals surface area contributed by atoms with E-state index in [-0.39, 0.29) is 12.0 Å². The van der Waals surface area contributed by atoms with Gasteiger partial charge in [0, 0.05) is 6.07 Å². The number of rotatable bonds is 3. The van der Waals surface area contributed by atoms with Crippen LogP contribution in [-0.2, 0) is 4.79 Å². The molecule has 3 rings (SSSR count). The number of hydrogen-bond donors (Lipinski definition) is 1. The highest BCUT2D eigenvalue weighted by Gasteiger charge is 2.34. The van der Waals surface area contributed by atoms with Gasteiger partial charge in [0.15, 0.2) is 11.5 Å². The van der Waals surface area contributed by atoms with E-state index in [1.807, 2.05) is 18.2 Å². The molecule has 6 heteroatoms. The molecule has 2 heterocycles. The zero-order valence-corrected chi connectivity index (χ0v) is 12.3. The summed E-state index contributed by atoms with van der Waals surface area (Å²) in [5, 5.41) is 2.76. The lowest BCUT2D eigenvalue weighted by atomic mass is 10.1. The molecule has 1 aliphatic heterocycles. The standard InChI is InChI=1S/C16H16N2O4/c1-10-15(22-13-6-4-3-5-12(13)21-10)16(19)18-11-7-8-14(20-2)17-9-11/h3-10,15H,1-2H3,(H,18,19). The fraction of sp³-hybridized carbons (Fsp3) is 0.250. The lowest BCUT2D eigenvalue weighted by molar-refractivity contribution is -0.128. The number of carbonyl (C=O) groups excluding carboxylic acids is 1. The third-order valence-corrected chi connectivity index (χ3v) is 3.31. The van der Waals surface area contributed by atoms with Crippen LogP contribution in [0.25, 0.3) is 0 Å². The second-order valence-corrected chi connectivity index (χ2v) is 4.89. The third-order valence-electron chi connectivity index (χ3n) is 3.31. The lowest BCUT2D eigenvalue weighted by Crippen LogP contribution is -2.46. The first-order valence-electron chi connectivity index (χ1n) is 6.90. The van der Waals surface area contributed by atoms with Gasteiger partial charge in [0.1, 0.15) is 6.10 Å². The number of para-hydroxylation sites is 2. The molecule has 1 N–H and O–H groups in total. The van der Waals surface area contributed by atoms with Crippen LogP contribution in [0.5, 0.6) is 17.4 Å². The number of aromatic nitrogens is 1. The number of ether oxygens (including phenoxy) is 3. The molecule has 0 fully saturated rings. The molecule has 0 saturated heterocycles. The predicted molar refractivity (Wildman–Crippen MR) is 80.4 cm³/mol. The average Bonchev–Trinajstić information content (AvgIpc) is 2.54. The van der Waals surface area contributed by atoms with Gasteiger partial charge >= 0.3 is 0 Å². The maximum atomic E-state index is 12.4. The molecule has 2 atom stereocenters. The third kappa shape index (κ3) is 2.81. The van der Waals surface area contributed by atoms with E-state index in [9.17, 15) is 4.79 Å². The Kier molecular flexibility index (Phi) is 3.82. The van der Waals surface area contributed by atoms with Gasteiger partial charge in [0.05, 0.1) is 19.0 Å². The zero-order valence-electron chi connectivity index (χ0n) is 12.3. The lowest BCUT2D eigenvalue weighted by Gasteiger charge is -2.30. The fourth-order valence-electron chi connectivity index (χ4n) is 2.19. The van der Waals surface area contributed by atoms with Crippen molar-refractivity contribution in [2.45, 2.75) is 19.1 Å². The van der Waals surface area contributed by atoms with Crippen molar-refractivity contribution < 1.29 is 19.0 Å². The second kappa shape index (κ2) is 5.93. The Morgan fingerprint density at radius 3 is 2.55 bits per heavy atom. The van der Waals surface area contributed by atoms with Gasteiger partial charge in [-0.1, -0.05) is 12.1 Å². The molecule has 1 aliphatic rings. The fourth-order valence-corrected chi connectivity index (χ4v) is 2.19. The van der Waals surface area contributed by atoms with Crippen molar-refractivity contribution >= 4 is 11.6 Å². The number of carbonyl (C=O) groups is 1. The van der Waals surface area contributed by atoms with E-state index in [1.54, 1.807) is 25.1 Å². The first-order valence-corrected chi connectivity index (χ1v) is 6.90. The summed E-state index contributed by atoms with van der Waals surface area (Å²) in [7, 11) is 1.53. The van der Waals surface area contributed by atoms with Crippen molar-refractivity contribution in [3.05, 3.63) is 42.6 Å². The van der Waals surface area contributed by atoms with E-state index in [2.05, 4.69) is 10.3 Å². The van der Waals surface area contributed by atoms with Crippen LogP contribution in [0.3, 0.4) is 0 Å². The van der Waals surface area contributed by atoms with Crippen molar-refractivity contribution in [1.29, 1.82) is 0 Å². The molecule has 0 spiro atoms. The van der Waals surface area contributed by atoms with E-state index >= 15 is 0 Å². The number of amides is 1. The molecule has 0 radical (unpaired) electrons. The summed E-state index contributed by atoms with van der Waals surface area (Å²) in [5.41, 5.74) is 0.570. The maximum absolute atomic E-state index is 12.4. The molecule has 1 aromatic carbocycles. The summed E-state index contributed by atoms with van der Waals surface area (Å²) in [6.45, 7) is 1.80. The minimum Gasteiger partial charge on any atom is -0.482 e. The number of pyridine rings is 1. The molecule has 1 aromatic heterocycles. The summed E-state index contributed by atoms with van der Waals surface area (Å²) in [6.07, 6.45) is 0.414. The van der Waals surface area contributed by atoms with Crippen molar-refractivity contribution in [3.63, 3.8) is 0 Å². The monoisotopic (exact) mass is 300 g/mol. The van der Waals surface area contributed by atoms with Crippen molar-refractivity contribution in [2.24, 2.45) is 0 Å². The highest BCUT2D eigenvalue weighted by atomic mass is 16.6. The number of hydrogen-bond acceptors (Lipinski definition) is 5. The molecule has 2 unspecified atom stereocenters. The minimum atomic E-state index is -0.725. The van der Waals surface area contributed by atoms with Crippen molar-refractivity contribution in [1.82, 2.24) is 4.98 Å². The Morgan fingerprint density at radius 2 is 1.91 bits per heavy atom. The van der Waals surface area contributed by atoms with Gasteiger partial charge < -0.3 is 19.5 Å². The predicted octanol–water partition coefficient (Wildman–Crippen LogP) is 2.26. The molecule has 2 aromatic rings. The minimum absolute atomic E-state index is 0.283. The van der Waals surface area contributed by atoms with Crippen LogP contribution in [0.2, 0.25) is 0 Å². The van der Waals surface area contributed by atoms with Crippen LogP contribution in [0.1, 0.15) is 6.92 Å². The number of methoxy groups -OCH3 is 1. The molecule has 0 aliphatic carbocycles. The number of nitrogens with zero attached hydrogens (tertiary/aromatic N) is 1. The van der Waals surface area contributed by atoms with Crippen molar-refractivity contribution in [3.8, 4) is 17.4 Å². The highest BCUT2D eigenvalue weighted by molar-refractivity contribution is 5.95. The number of benzene rings is 1. The molecule has 22 heavy (non-hydrogen) atoms. The quantitative estimate of drug-likeness (QED) is 0.941. The smallest absolute Gasteiger partial charge is 0.269 e. The second-order valence-electron chi connectivity index (χ2n) is 4.89. The molecule has 114 valence electrons. The Labute approximate surface area is 128 Å². The Bertz CT molecular complexity index is 672. The molecular formula is C16H16N2O4. The number of nitrogens with one attached hydrogen (secondary N) is 1. The van der Waals surface area contributed by atoms with Crippen molar-refractivity contribution in [2.75, 3.05) is 12.4 Å². The topological polar surface area (TPSA) is 69.7 Å². The first-order chi connectivity index (χ1) is 10.7. The number of anilines is 1. The van der Waals surface area contributed by atoms with E-state index in [0.29, 0.717) is 23.1 Å². The van der Waals surface area contributed by atoms with Crippen LogP contribution in [0.15, 0.2) is 42.6 Å². The summed E-state index contributed by atoms with van der Waals surface area (Å²) in [5.74, 6) is 1.41. The Hall–Kier alpha value is -2.76. The first kappa shape index (κ1) is 14.2. The van der Waals surface area contributed by atoms with Gasteiger partial charge in [-0.2, -0.15) is 0 Å². The normalized spacial score (nSPS) is 19.4. The highest BCUT2D eigenvalue weighted by Crippen LogP contribution is 2.33. The van der Waals surface area contributed by atoms with Gasteiger partial charge in [0.2, 0.25) is 12.0 Å². The van der Waals surface area contributed by atoms with Crippen LogP contribution in [-0.4, -0.2) is 30.2 Å². The molecular weight excluding hydrogens is 284 g/mol. The van der Waals surface area contributed by atoms with E-state index in [0.717, 1.165) is 0 Å². The van der Waals surface area contributed by atoms with E-state index in [1.165, 1.54) is 13.3 Å². The van der Waals surface area contributed by atoms with Gasteiger partial charge in [0.25, 0.3) is 5.91 Å². The Morgan fingerprint density at radius 1 is 1.18 bits per heavy atom. The van der Waals surface area contributed by atoms with Gasteiger partial charge in [-0.05, 0) is 25.1 Å². The number of fused-ring (bicyclic) bond motifs is 1. The van der Waals surface area contributed by atoms with Gasteiger partial charge in [-0.25, -0.2) is 4.98 Å². The van der Waals surface area contributed by atoms with Gasteiger partial charge in [-0.15, -0.1) is 0 Å². The van der Waals surface area contributed by atoms with E-state index < -0.39 is 6.10 Å². The summed E-state index contributed by atoms with van der Waals surface area (Å²) in [4.78, 5) is 16.4. The summed E-state index contributed by atoms with van der Waals surface area (Å²) in [6, 6.07) is 10.7. The summed E-state index contributed by atoms with van der Waals surface area (Å²) >= 11 is 0. The van der Waals surface area contributed by atoms with E-state index in [4.69, 9.17) is 14.2 Å².